The molecule has 1 saturated heterocycles. The molecule has 0 bridgehead atoms. The third-order valence-corrected chi connectivity index (χ3v) is 4.31. The predicted octanol–water partition coefficient (Wildman–Crippen LogP) is 2.27. The van der Waals surface area contributed by atoms with E-state index < -0.39 is 0 Å². The summed E-state index contributed by atoms with van der Waals surface area (Å²) in [6.45, 7) is 6.66. The van der Waals surface area contributed by atoms with Crippen LogP contribution in [0.2, 0.25) is 0 Å². The summed E-state index contributed by atoms with van der Waals surface area (Å²) in [5.74, 6) is 1.13. The molecule has 0 radical (unpaired) electrons. The van der Waals surface area contributed by atoms with Crippen LogP contribution in [0.3, 0.4) is 0 Å². The number of nitrogens with one attached hydrogen (secondary N) is 1. The zero-order chi connectivity index (χ0) is 13.1. The van der Waals surface area contributed by atoms with Gasteiger partial charge in [0.25, 0.3) is 0 Å². The van der Waals surface area contributed by atoms with Gasteiger partial charge in [-0.05, 0) is 38.9 Å². The molecule has 0 aliphatic carbocycles. The Morgan fingerprint density at radius 3 is 2.56 bits per heavy atom. The molecule has 1 aromatic heterocycles. The van der Waals surface area contributed by atoms with Crippen molar-refractivity contribution in [1.29, 1.82) is 0 Å². The van der Waals surface area contributed by atoms with Crippen LogP contribution in [0, 0.1) is 11.8 Å². The maximum atomic E-state index is 5.95. The summed E-state index contributed by atoms with van der Waals surface area (Å²) in [5.41, 5.74) is 1.15. The summed E-state index contributed by atoms with van der Waals surface area (Å²) in [6.07, 6.45) is 3.50. The lowest BCUT2D eigenvalue weighted by Crippen LogP contribution is -2.41. The minimum absolute atomic E-state index is 0.316. The van der Waals surface area contributed by atoms with E-state index >= 15 is 0 Å². The van der Waals surface area contributed by atoms with Crippen LogP contribution in [0.1, 0.15) is 26.5 Å². The molecular formula is C15H24N2O. The maximum Gasteiger partial charge on any atom is 0.0597 e. The highest BCUT2D eigenvalue weighted by Crippen LogP contribution is 2.35. The molecule has 1 fully saturated rings. The number of rotatable bonds is 4. The summed E-state index contributed by atoms with van der Waals surface area (Å²) in [7, 11) is 2.04. The molecule has 3 nitrogen and oxygen atoms in total. The van der Waals surface area contributed by atoms with Gasteiger partial charge in [0.05, 0.1) is 12.2 Å². The summed E-state index contributed by atoms with van der Waals surface area (Å²) in [4.78, 5) is 4.43. The van der Waals surface area contributed by atoms with Crippen molar-refractivity contribution in [3.63, 3.8) is 0 Å². The van der Waals surface area contributed by atoms with Gasteiger partial charge in [-0.3, -0.25) is 4.98 Å². The summed E-state index contributed by atoms with van der Waals surface area (Å²) >= 11 is 0. The third kappa shape index (κ3) is 2.73. The minimum Gasteiger partial charge on any atom is -0.375 e. The van der Waals surface area contributed by atoms with Gasteiger partial charge in [0.2, 0.25) is 0 Å². The van der Waals surface area contributed by atoms with Crippen molar-refractivity contribution >= 4 is 0 Å². The van der Waals surface area contributed by atoms with Crippen LogP contribution in [0.5, 0.6) is 0 Å². The average molecular weight is 248 g/mol. The minimum atomic E-state index is 0.316. The Labute approximate surface area is 110 Å². The van der Waals surface area contributed by atoms with Crippen molar-refractivity contribution in [1.82, 2.24) is 10.3 Å². The van der Waals surface area contributed by atoms with Crippen LogP contribution in [0.25, 0.3) is 0 Å². The zero-order valence-corrected chi connectivity index (χ0v) is 11.8. The van der Waals surface area contributed by atoms with Gasteiger partial charge >= 0.3 is 0 Å². The lowest BCUT2D eigenvalue weighted by atomic mass is 9.81. The average Bonchev–Trinajstić information content (AvgIpc) is 2.62. The summed E-state index contributed by atoms with van der Waals surface area (Å²) in [5, 5.41) is 3.45. The van der Waals surface area contributed by atoms with Crippen molar-refractivity contribution < 1.29 is 4.74 Å². The van der Waals surface area contributed by atoms with Crippen molar-refractivity contribution in [2.75, 3.05) is 7.05 Å². The van der Waals surface area contributed by atoms with E-state index in [4.69, 9.17) is 4.74 Å². The number of nitrogens with zero attached hydrogens (tertiary/aromatic N) is 1. The number of aromatic nitrogens is 1. The molecule has 2 rings (SSSR count). The first-order valence-electron chi connectivity index (χ1n) is 6.86. The predicted molar refractivity (Wildman–Crippen MR) is 73.5 cm³/mol. The third-order valence-electron chi connectivity index (χ3n) is 4.31. The second-order valence-corrected chi connectivity index (χ2v) is 5.40. The Morgan fingerprint density at radius 2 is 2.06 bits per heavy atom. The van der Waals surface area contributed by atoms with Gasteiger partial charge in [-0.25, -0.2) is 0 Å². The van der Waals surface area contributed by atoms with E-state index in [0.717, 1.165) is 12.1 Å². The second-order valence-electron chi connectivity index (χ2n) is 5.40. The number of hydrogen-bond acceptors (Lipinski definition) is 3. The van der Waals surface area contributed by atoms with Gasteiger partial charge in [0.15, 0.2) is 0 Å². The quantitative estimate of drug-likeness (QED) is 0.887. The van der Waals surface area contributed by atoms with Crippen LogP contribution >= 0.6 is 0 Å². The monoisotopic (exact) mass is 248 g/mol. The first-order chi connectivity index (χ1) is 8.63. The molecular weight excluding hydrogens is 224 g/mol. The largest absolute Gasteiger partial charge is 0.375 e. The highest BCUT2D eigenvalue weighted by Gasteiger charge is 2.41. The molecule has 0 saturated carbocycles. The van der Waals surface area contributed by atoms with E-state index in [1.54, 1.807) is 0 Å². The molecule has 2 heterocycles. The molecule has 1 N–H and O–H groups in total. The molecule has 3 heteroatoms. The van der Waals surface area contributed by atoms with Crippen LogP contribution in [-0.2, 0) is 11.2 Å². The number of pyridine rings is 1. The summed E-state index contributed by atoms with van der Waals surface area (Å²) in [6, 6.07) is 6.54. The van der Waals surface area contributed by atoms with Crippen LogP contribution < -0.4 is 5.32 Å². The second kappa shape index (κ2) is 5.81. The molecule has 5 atom stereocenters. The molecule has 1 aliphatic rings. The fourth-order valence-corrected chi connectivity index (χ4v) is 3.16. The van der Waals surface area contributed by atoms with Crippen molar-refractivity contribution in [3.05, 3.63) is 30.1 Å². The Bertz CT molecular complexity index is 368. The molecule has 1 aromatic rings. The fourth-order valence-electron chi connectivity index (χ4n) is 3.16. The normalized spacial score (nSPS) is 33.6. The van der Waals surface area contributed by atoms with E-state index in [1.165, 1.54) is 0 Å². The van der Waals surface area contributed by atoms with Gasteiger partial charge in [-0.2, -0.15) is 0 Å². The van der Waals surface area contributed by atoms with Crippen molar-refractivity contribution in [3.8, 4) is 0 Å². The van der Waals surface area contributed by atoms with Crippen molar-refractivity contribution in [2.45, 2.75) is 45.4 Å². The lowest BCUT2D eigenvalue weighted by molar-refractivity contribution is 0.0478. The van der Waals surface area contributed by atoms with E-state index in [2.05, 4.69) is 43.2 Å². The van der Waals surface area contributed by atoms with Crippen LogP contribution in [0.4, 0.5) is 0 Å². The van der Waals surface area contributed by atoms with E-state index in [0.29, 0.717) is 30.1 Å². The van der Waals surface area contributed by atoms with Gasteiger partial charge in [0, 0.05) is 30.3 Å². The first kappa shape index (κ1) is 13.5. The lowest BCUT2D eigenvalue weighted by Gasteiger charge is -2.28. The zero-order valence-electron chi connectivity index (χ0n) is 11.8. The molecule has 0 spiro atoms. The molecule has 5 unspecified atom stereocenters. The standard InChI is InChI=1S/C15H24N2O/c1-10-11(2)18-12(3)15(10)14(16-4)9-13-7-5-6-8-17-13/h5-8,10-12,14-16H,9H2,1-4H3. The Kier molecular flexibility index (Phi) is 4.36. The fraction of sp³-hybridized carbons (Fsp3) is 0.667. The Balaban J connectivity index is 2.09. The van der Waals surface area contributed by atoms with Gasteiger partial charge in [0.1, 0.15) is 0 Å². The molecule has 100 valence electrons. The van der Waals surface area contributed by atoms with Crippen molar-refractivity contribution in [2.24, 2.45) is 11.8 Å². The smallest absolute Gasteiger partial charge is 0.0597 e. The van der Waals surface area contributed by atoms with E-state index in [-0.39, 0.29) is 0 Å². The number of likely N-dealkylation sites (N-methyl/N-ethyl adjacent to an activating group) is 1. The Morgan fingerprint density at radius 1 is 1.28 bits per heavy atom. The molecule has 1 aliphatic heterocycles. The van der Waals surface area contributed by atoms with E-state index in [9.17, 15) is 0 Å². The first-order valence-corrected chi connectivity index (χ1v) is 6.86. The topological polar surface area (TPSA) is 34.2 Å². The maximum absolute atomic E-state index is 5.95. The highest BCUT2D eigenvalue weighted by atomic mass is 16.5. The van der Waals surface area contributed by atoms with Gasteiger partial charge in [-0.15, -0.1) is 0 Å². The Hall–Kier alpha value is -0.930. The number of hydrogen-bond donors (Lipinski definition) is 1. The SMILES string of the molecule is CNC(Cc1ccccn1)C1C(C)OC(C)C1C. The van der Waals surface area contributed by atoms with Crippen LogP contribution in [-0.4, -0.2) is 30.3 Å². The summed E-state index contributed by atoms with van der Waals surface area (Å²) < 4.78 is 5.95. The van der Waals surface area contributed by atoms with Gasteiger partial charge < -0.3 is 10.1 Å². The molecule has 0 amide bonds. The van der Waals surface area contributed by atoms with Gasteiger partial charge in [-0.1, -0.05) is 13.0 Å². The van der Waals surface area contributed by atoms with E-state index in [1.807, 2.05) is 19.3 Å². The molecule has 0 aromatic carbocycles. The van der Waals surface area contributed by atoms with Crippen LogP contribution in [0.15, 0.2) is 24.4 Å². The molecule has 18 heavy (non-hydrogen) atoms. The number of ether oxygens (including phenoxy) is 1. The highest BCUT2D eigenvalue weighted by molar-refractivity contribution is 5.07.